The molecule has 3 N–H and O–H groups in total. The fourth-order valence-electron chi connectivity index (χ4n) is 1.30. The minimum absolute atomic E-state index is 0.231. The van der Waals surface area contributed by atoms with Crippen molar-refractivity contribution in [2.75, 3.05) is 5.73 Å². The van der Waals surface area contributed by atoms with Crippen LogP contribution in [0.5, 0.6) is 0 Å². The van der Waals surface area contributed by atoms with Crippen LogP contribution in [0.4, 0.5) is 5.69 Å². The van der Waals surface area contributed by atoms with E-state index in [1.807, 2.05) is 12.1 Å². The number of aromatic nitrogens is 2. The molecule has 0 aliphatic carbocycles. The molecule has 2 aromatic rings. The summed E-state index contributed by atoms with van der Waals surface area (Å²) in [6, 6.07) is 8.87. The Labute approximate surface area is 80.4 Å². The summed E-state index contributed by atoms with van der Waals surface area (Å²) in [6.07, 6.45) is 1.53. The van der Waals surface area contributed by atoms with Crippen LogP contribution in [0.25, 0.3) is 11.1 Å². The number of H-pyrrole nitrogens is 1. The van der Waals surface area contributed by atoms with E-state index in [2.05, 4.69) is 10.2 Å². The van der Waals surface area contributed by atoms with Crippen molar-refractivity contribution in [1.82, 2.24) is 10.2 Å². The van der Waals surface area contributed by atoms with Crippen molar-refractivity contribution in [3.05, 3.63) is 46.9 Å². The molecule has 14 heavy (non-hydrogen) atoms. The summed E-state index contributed by atoms with van der Waals surface area (Å²) in [5, 5.41) is 5.99. The highest BCUT2D eigenvalue weighted by atomic mass is 16.1. The van der Waals surface area contributed by atoms with Crippen LogP contribution in [0.2, 0.25) is 0 Å². The average Bonchev–Trinajstić information content (AvgIpc) is 2.20. The standard InChI is InChI=1S/C10H9N3O/c11-9-4-2-1-3-7(9)8-5-6-12-13-10(8)14/h1-6H,11H2,(H,13,14). The highest BCUT2D eigenvalue weighted by Gasteiger charge is 2.04. The zero-order chi connectivity index (χ0) is 9.97. The summed E-state index contributed by atoms with van der Waals surface area (Å²) in [5.74, 6) is 0. The molecule has 0 atom stereocenters. The molecule has 2 rings (SSSR count). The molecule has 0 radical (unpaired) electrons. The van der Waals surface area contributed by atoms with E-state index in [1.54, 1.807) is 18.2 Å². The van der Waals surface area contributed by atoms with Gasteiger partial charge in [-0.25, -0.2) is 5.10 Å². The van der Waals surface area contributed by atoms with Gasteiger partial charge in [-0.15, -0.1) is 0 Å². The zero-order valence-electron chi connectivity index (χ0n) is 7.40. The van der Waals surface area contributed by atoms with E-state index in [4.69, 9.17) is 5.73 Å². The molecule has 0 aliphatic rings. The smallest absolute Gasteiger partial charge is 0.272 e. The lowest BCUT2D eigenvalue weighted by molar-refractivity contribution is 0.992. The lowest BCUT2D eigenvalue weighted by Crippen LogP contribution is -2.10. The van der Waals surface area contributed by atoms with Crippen LogP contribution < -0.4 is 11.3 Å². The largest absolute Gasteiger partial charge is 0.398 e. The van der Waals surface area contributed by atoms with Gasteiger partial charge in [0.2, 0.25) is 0 Å². The van der Waals surface area contributed by atoms with E-state index in [-0.39, 0.29) is 5.56 Å². The Balaban J connectivity index is 2.67. The first-order chi connectivity index (χ1) is 6.79. The van der Waals surface area contributed by atoms with Gasteiger partial charge in [0, 0.05) is 17.4 Å². The minimum atomic E-state index is -0.231. The lowest BCUT2D eigenvalue weighted by atomic mass is 10.1. The van der Waals surface area contributed by atoms with Gasteiger partial charge >= 0.3 is 0 Å². The number of anilines is 1. The van der Waals surface area contributed by atoms with E-state index < -0.39 is 0 Å². The maximum atomic E-state index is 11.4. The summed E-state index contributed by atoms with van der Waals surface area (Å²) in [6.45, 7) is 0. The Morgan fingerprint density at radius 3 is 2.64 bits per heavy atom. The summed E-state index contributed by atoms with van der Waals surface area (Å²) in [7, 11) is 0. The minimum Gasteiger partial charge on any atom is -0.398 e. The van der Waals surface area contributed by atoms with Crippen molar-refractivity contribution in [1.29, 1.82) is 0 Å². The summed E-state index contributed by atoms with van der Waals surface area (Å²) < 4.78 is 0. The highest BCUT2D eigenvalue weighted by molar-refractivity contribution is 5.75. The van der Waals surface area contributed by atoms with Crippen LogP contribution >= 0.6 is 0 Å². The van der Waals surface area contributed by atoms with E-state index >= 15 is 0 Å². The van der Waals surface area contributed by atoms with Crippen molar-refractivity contribution in [3.63, 3.8) is 0 Å². The molecule has 0 amide bonds. The predicted octanol–water partition coefficient (Wildman–Crippen LogP) is 1.02. The van der Waals surface area contributed by atoms with Gasteiger partial charge in [0.05, 0.1) is 5.56 Å². The van der Waals surface area contributed by atoms with Gasteiger partial charge in [0.15, 0.2) is 0 Å². The van der Waals surface area contributed by atoms with E-state index in [9.17, 15) is 4.79 Å². The van der Waals surface area contributed by atoms with Crippen LogP contribution in [0, 0.1) is 0 Å². The number of rotatable bonds is 1. The third-order valence-electron chi connectivity index (χ3n) is 1.98. The van der Waals surface area contributed by atoms with Gasteiger partial charge in [-0.05, 0) is 12.1 Å². The Morgan fingerprint density at radius 1 is 1.14 bits per heavy atom. The Hall–Kier alpha value is -2.10. The van der Waals surface area contributed by atoms with Gasteiger partial charge in [0.25, 0.3) is 5.56 Å². The van der Waals surface area contributed by atoms with Crippen molar-refractivity contribution < 1.29 is 0 Å². The van der Waals surface area contributed by atoms with Gasteiger partial charge in [0.1, 0.15) is 0 Å². The van der Waals surface area contributed by atoms with Crippen LogP contribution in [-0.4, -0.2) is 10.2 Å². The monoisotopic (exact) mass is 187 g/mol. The van der Waals surface area contributed by atoms with Gasteiger partial charge in [-0.2, -0.15) is 5.10 Å². The molecule has 0 saturated carbocycles. The SMILES string of the molecule is Nc1ccccc1-c1ccn[nH]c1=O. The molecule has 70 valence electrons. The fourth-order valence-corrected chi connectivity index (χ4v) is 1.30. The van der Waals surface area contributed by atoms with Gasteiger partial charge in [-0.3, -0.25) is 4.79 Å². The number of nitrogen functional groups attached to an aromatic ring is 1. The first-order valence-corrected chi connectivity index (χ1v) is 4.17. The third-order valence-corrected chi connectivity index (χ3v) is 1.98. The van der Waals surface area contributed by atoms with Crippen LogP contribution in [-0.2, 0) is 0 Å². The number of nitrogens with two attached hydrogens (primary N) is 1. The molecule has 1 aromatic heterocycles. The number of hydrogen-bond donors (Lipinski definition) is 2. The topological polar surface area (TPSA) is 71.8 Å². The number of para-hydroxylation sites is 1. The number of benzene rings is 1. The van der Waals surface area contributed by atoms with Crippen molar-refractivity contribution in [2.45, 2.75) is 0 Å². The summed E-state index contributed by atoms with van der Waals surface area (Å²) in [5.41, 5.74) is 7.38. The molecule has 0 fully saturated rings. The fraction of sp³-hybridized carbons (Fsp3) is 0. The molecular formula is C10H9N3O. The van der Waals surface area contributed by atoms with Crippen molar-refractivity contribution >= 4 is 5.69 Å². The number of hydrogen-bond acceptors (Lipinski definition) is 3. The molecule has 4 nitrogen and oxygen atoms in total. The maximum Gasteiger partial charge on any atom is 0.272 e. The summed E-state index contributed by atoms with van der Waals surface area (Å²) in [4.78, 5) is 11.4. The normalized spacial score (nSPS) is 10.0. The number of aromatic amines is 1. The van der Waals surface area contributed by atoms with Crippen LogP contribution in [0.1, 0.15) is 0 Å². The number of nitrogens with one attached hydrogen (secondary N) is 1. The molecule has 4 heteroatoms. The first-order valence-electron chi connectivity index (χ1n) is 4.17. The first kappa shape index (κ1) is 8.50. The second-order valence-corrected chi connectivity index (χ2v) is 2.89. The average molecular weight is 187 g/mol. The second-order valence-electron chi connectivity index (χ2n) is 2.89. The highest BCUT2D eigenvalue weighted by Crippen LogP contribution is 2.21. The third kappa shape index (κ3) is 1.37. The predicted molar refractivity (Wildman–Crippen MR) is 54.7 cm³/mol. The zero-order valence-corrected chi connectivity index (χ0v) is 7.40. The van der Waals surface area contributed by atoms with Crippen LogP contribution in [0.3, 0.4) is 0 Å². The molecule has 0 unspecified atom stereocenters. The molecule has 0 bridgehead atoms. The quantitative estimate of drug-likeness (QED) is 0.654. The maximum absolute atomic E-state index is 11.4. The Kier molecular flexibility index (Phi) is 2.02. The molecule has 1 aromatic carbocycles. The molecule has 1 heterocycles. The van der Waals surface area contributed by atoms with E-state index in [0.717, 1.165) is 5.56 Å². The van der Waals surface area contributed by atoms with Crippen LogP contribution in [0.15, 0.2) is 41.3 Å². The van der Waals surface area contributed by atoms with E-state index in [0.29, 0.717) is 11.3 Å². The van der Waals surface area contributed by atoms with Gasteiger partial charge < -0.3 is 5.73 Å². The number of nitrogens with zero attached hydrogens (tertiary/aromatic N) is 1. The summed E-state index contributed by atoms with van der Waals surface area (Å²) >= 11 is 0. The second kappa shape index (κ2) is 3.33. The molecule has 0 aliphatic heterocycles. The molecular weight excluding hydrogens is 178 g/mol. The van der Waals surface area contributed by atoms with Gasteiger partial charge in [-0.1, -0.05) is 18.2 Å². The lowest BCUT2D eigenvalue weighted by Gasteiger charge is -2.02. The Bertz CT molecular complexity index is 504. The molecule has 0 spiro atoms. The van der Waals surface area contributed by atoms with E-state index in [1.165, 1.54) is 6.20 Å². The molecule has 0 saturated heterocycles. The van der Waals surface area contributed by atoms with Crippen molar-refractivity contribution in [3.8, 4) is 11.1 Å². The Morgan fingerprint density at radius 2 is 1.93 bits per heavy atom. The van der Waals surface area contributed by atoms with Crippen molar-refractivity contribution in [2.24, 2.45) is 0 Å².